The van der Waals surface area contributed by atoms with Crippen LogP contribution in [0, 0.1) is 6.92 Å². The summed E-state index contributed by atoms with van der Waals surface area (Å²) < 4.78 is 7.62. The number of aryl methyl sites for hydroxylation is 1. The van der Waals surface area contributed by atoms with Crippen LogP contribution in [0.3, 0.4) is 0 Å². The molecule has 0 amide bonds. The predicted octanol–water partition coefficient (Wildman–Crippen LogP) is 3.07. The quantitative estimate of drug-likeness (QED) is 0.848. The monoisotopic (exact) mass is 315 g/mol. The first-order chi connectivity index (χ1) is 11.2. The number of hydrogen-bond acceptors (Lipinski definition) is 5. The van der Waals surface area contributed by atoms with E-state index in [0.717, 1.165) is 24.8 Å². The third-order valence-corrected chi connectivity index (χ3v) is 5.09. The van der Waals surface area contributed by atoms with Crippen LogP contribution in [0.4, 0.5) is 0 Å². The first kappa shape index (κ1) is 14.9. The minimum atomic E-state index is 0.178. The Morgan fingerprint density at radius 1 is 1.30 bits per heavy atom. The molecule has 0 bridgehead atoms. The molecule has 1 saturated heterocycles. The van der Waals surface area contributed by atoms with Crippen LogP contribution in [0.2, 0.25) is 0 Å². The summed E-state index contributed by atoms with van der Waals surface area (Å²) in [6.45, 7) is 6.30. The van der Waals surface area contributed by atoms with Gasteiger partial charge in [-0.2, -0.15) is 10.1 Å². The number of hydrogen-bond donors (Lipinski definition) is 0. The number of piperidine rings is 1. The molecule has 1 saturated carbocycles. The number of nitrogens with zero attached hydrogens (tertiary/aromatic N) is 5. The van der Waals surface area contributed by atoms with Gasteiger partial charge in [-0.25, -0.2) is 0 Å². The molecular formula is C17H25N5O. The summed E-state index contributed by atoms with van der Waals surface area (Å²) >= 11 is 0. The molecule has 3 heterocycles. The van der Waals surface area contributed by atoms with Crippen molar-refractivity contribution < 1.29 is 4.52 Å². The molecule has 2 aromatic heterocycles. The topological polar surface area (TPSA) is 60.0 Å². The maximum absolute atomic E-state index is 5.56. The highest BCUT2D eigenvalue weighted by Crippen LogP contribution is 2.39. The second-order valence-electron chi connectivity index (χ2n) is 7.07. The van der Waals surface area contributed by atoms with Crippen molar-refractivity contribution >= 4 is 0 Å². The van der Waals surface area contributed by atoms with Crippen molar-refractivity contribution in [1.82, 2.24) is 24.8 Å². The highest BCUT2D eigenvalue weighted by Gasteiger charge is 2.33. The molecule has 2 fully saturated rings. The zero-order chi connectivity index (χ0) is 15.8. The Labute approximate surface area is 136 Å². The van der Waals surface area contributed by atoms with E-state index in [2.05, 4.69) is 44.9 Å². The first-order valence-corrected chi connectivity index (χ1v) is 8.79. The van der Waals surface area contributed by atoms with Gasteiger partial charge < -0.3 is 4.52 Å². The molecule has 1 aliphatic heterocycles. The maximum Gasteiger partial charge on any atom is 0.243 e. The molecule has 0 unspecified atom stereocenters. The van der Waals surface area contributed by atoms with Crippen molar-refractivity contribution in [3.63, 3.8) is 0 Å². The molecule has 2 aliphatic rings. The van der Waals surface area contributed by atoms with Crippen molar-refractivity contribution in [3.05, 3.63) is 29.7 Å². The van der Waals surface area contributed by atoms with Crippen molar-refractivity contribution in [1.29, 1.82) is 0 Å². The number of aromatic nitrogens is 4. The molecule has 2 aromatic rings. The smallest absolute Gasteiger partial charge is 0.243 e. The van der Waals surface area contributed by atoms with Crippen LogP contribution < -0.4 is 0 Å². The lowest BCUT2D eigenvalue weighted by Gasteiger charge is -2.38. The van der Waals surface area contributed by atoms with Gasteiger partial charge in [0.05, 0.1) is 18.8 Å². The van der Waals surface area contributed by atoms with Gasteiger partial charge in [-0.1, -0.05) is 11.6 Å². The number of rotatable bonds is 5. The van der Waals surface area contributed by atoms with E-state index in [9.17, 15) is 0 Å². The van der Waals surface area contributed by atoms with Crippen LogP contribution in [-0.2, 0) is 6.54 Å². The van der Waals surface area contributed by atoms with E-state index < -0.39 is 0 Å². The second-order valence-corrected chi connectivity index (χ2v) is 7.07. The lowest BCUT2D eigenvalue weighted by Crippen LogP contribution is -2.43. The summed E-state index contributed by atoms with van der Waals surface area (Å²) in [4.78, 5) is 7.17. The third-order valence-electron chi connectivity index (χ3n) is 5.09. The van der Waals surface area contributed by atoms with E-state index >= 15 is 0 Å². The molecule has 124 valence electrons. The van der Waals surface area contributed by atoms with E-state index in [-0.39, 0.29) is 6.04 Å². The Hall–Kier alpha value is -1.69. The fraction of sp³-hybridized carbons (Fsp3) is 0.706. The Kier molecular flexibility index (Phi) is 3.93. The van der Waals surface area contributed by atoms with E-state index in [1.165, 1.54) is 37.7 Å². The summed E-state index contributed by atoms with van der Waals surface area (Å²) in [5, 5.41) is 8.63. The van der Waals surface area contributed by atoms with Crippen molar-refractivity contribution in [2.45, 2.75) is 70.5 Å². The summed E-state index contributed by atoms with van der Waals surface area (Å²) in [7, 11) is 0. The van der Waals surface area contributed by atoms with E-state index in [4.69, 9.17) is 4.52 Å². The summed E-state index contributed by atoms with van der Waals surface area (Å²) in [6, 6.07) is 0.659. The standard InChI is InChI=1S/C17H25N5O/c1-12-9-18-21(10-12)11-15-5-3-4-8-22(15)13(2)17-19-16(20-23-17)14-6-7-14/h9-10,13-15H,3-8,11H2,1-2H3/t13-,15+/m0/s1. The Morgan fingerprint density at radius 3 is 2.91 bits per heavy atom. The SMILES string of the molecule is Cc1cnn(C[C@H]2CCCCN2[C@@H](C)c2nc(C3CC3)no2)c1. The van der Waals surface area contributed by atoms with E-state index in [1.54, 1.807) is 0 Å². The maximum atomic E-state index is 5.56. The summed E-state index contributed by atoms with van der Waals surface area (Å²) in [6.07, 6.45) is 10.2. The zero-order valence-electron chi connectivity index (χ0n) is 14.0. The average Bonchev–Trinajstić information content (AvgIpc) is 3.15. The Balaban J connectivity index is 1.49. The van der Waals surface area contributed by atoms with Crippen molar-refractivity contribution in [2.24, 2.45) is 0 Å². The molecule has 23 heavy (non-hydrogen) atoms. The Bertz CT molecular complexity index is 659. The molecule has 0 N–H and O–H groups in total. The molecular weight excluding hydrogens is 290 g/mol. The second kappa shape index (κ2) is 6.07. The molecule has 0 radical (unpaired) electrons. The third kappa shape index (κ3) is 3.17. The predicted molar refractivity (Wildman–Crippen MR) is 86.0 cm³/mol. The van der Waals surface area contributed by atoms with Gasteiger partial charge in [0.25, 0.3) is 0 Å². The van der Waals surface area contributed by atoms with Gasteiger partial charge >= 0.3 is 0 Å². The van der Waals surface area contributed by atoms with Crippen molar-refractivity contribution in [3.8, 4) is 0 Å². The number of likely N-dealkylation sites (tertiary alicyclic amines) is 1. The molecule has 0 aromatic carbocycles. The fourth-order valence-electron chi connectivity index (χ4n) is 3.58. The highest BCUT2D eigenvalue weighted by molar-refractivity contribution is 5.05. The molecule has 1 aliphatic carbocycles. The van der Waals surface area contributed by atoms with E-state index in [1.807, 2.05) is 6.20 Å². The first-order valence-electron chi connectivity index (χ1n) is 8.79. The van der Waals surface area contributed by atoms with Crippen LogP contribution in [0.15, 0.2) is 16.9 Å². The average molecular weight is 315 g/mol. The molecule has 6 nitrogen and oxygen atoms in total. The van der Waals surface area contributed by atoms with Crippen LogP contribution in [0.1, 0.15) is 68.3 Å². The minimum Gasteiger partial charge on any atom is -0.338 e. The van der Waals surface area contributed by atoms with Gasteiger partial charge in [-0.05, 0) is 51.6 Å². The molecule has 4 rings (SSSR count). The lowest BCUT2D eigenvalue weighted by atomic mass is 10.00. The molecule has 6 heteroatoms. The fourth-order valence-corrected chi connectivity index (χ4v) is 3.58. The van der Waals surface area contributed by atoms with Gasteiger partial charge in [0.1, 0.15) is 0 Å². The summed E-state index contributed by atoms with van der Waals surface area (Å²) in [5.74, 6) is 2.22. The van der Waals surface area contributed by atoms with Crippen LogP contribution >= 0.6 is 0 Å². The van der Waals surface area contributed by atoms with Crippen LogP contribution in [0.25, 0.3) is 0 Å². The highest BCUT2D eigenvalue weighted by atomic mass is 16.5. The van der Waals surface area contributed by atoms with Gasteiger partial charge in [-0.3, -0.25) is 9.58 Å². The normalized spacial score (nSPS) is 24.0. The summed E-state index contributed by atoms with van der Waals surface area (Å²) in [5.41, 5.74) is 1.21. The Morgan fingerprint density at radius 2 is 2.17 bits per heavy atom. The van der Waals surface area contributed by atoms with Gasteiger partial charge in [0.2, 0.25) is 5.89 Å². The van der Waals surface area contributed by atoms with Crippen molar-refractivity contribution in [2.75, 3.05) is 6.54 Å². The van der Waals surface area contributed by atoms with Gasteiger partial charge in [-0.15, -0.1) is 0 Å². The van der Waals surface area contributed by atoms with E-state index in [0.29, 0.717) is 12.0 Å². The molecule has 2 atom stereocenters. The zero-order valence-corrected chi connectivity index (χ0v) is 14.0. The molecule has 0 spiro atoms. The van der Waals surface area contributed by atoms with Gasteiger partial charge in [0.15, 0.2) is 5.82 Å². The van der Waals surface area contributed by atoms with Gasteiger partial charge in [0, 0.05) is 18.2 Å². The lowest BCUT2D eigenvalue weighted by molar-refractivity contribution is 0.0719. The van der Waals surface area contributed by atoms with Crippen LogP contribution in [0.5, 0.6) is 0 Å². The van der Waals surface area contributed by atoms with Crippen LogP contribution in [-0.4, -0.2) is 37.4 Å². The largest absolute Gasteiger partial charge is 0.338 e. The minimum absolute atomic E-state index is 0.178.